The van der Waals surface area contributed by atoms with E-state index in [9.17, 15) is 13.2 Å². The first kappa shape index (κ1) is 27.7. The summed E-state index contributed by atoms with van der Waals surface area (Å²) in [6.07, 6.45) is -0.453. The molecule has 11 nitrogen and oxygen atoms in total. The molecule has 1 aliphatic heterocycles. The van der Waals surface area contributed by atoms with Crippen LogP contribution in [-0.2, 0) is 14.8 Å². The second-order valence-electron chi connectivity index (χ2n) is 8.37. The molecule has 3 aromatic rings. The molecule has 0 saturated heterocycles. The molecule has 0 bridgehead atoms. The molecule has 208 valence electrons. The van der Waals surface area contributed by atoms with Gasteiger partial charge in [0.2, 0.25) is 5.91 Å². The minimum atomic E-state index is -4.30. The largest absolute Gasteiger partial charge is 0.497 e. The van der Waals surface area contributed by atoms with Crippen LogP contribution in [0.25, 0.3) is 0 Å². The highest BCUT2D eigenvalue weighted by atomic mass is 32.2. The highest BCUT2D eigenvalue weighted by molar-refractivity contribution is 7.92. The molecule has 1 N–H and O–H groups in total. The molecule has 4 rings (SSSR count). The maximum absolute atomic E-state index is 14.0. The lowest BCUT2D eigenvalue weighted by molar-refractivity contribution is -0.120. The van der Waals surface area contributed by atoms with Crippen molar-refractivity contribution in [2.24, 2.45) is 0 Å². The molecule has 3 aromatic carbocycles. The van der Waals surface area contributed by atoms with E-state index in [2.05, 4.69) is 5.32 Å². The number of carbonyl (C=O) groups is 1. The molecule has 1 amide bonds. The summed E-state index contributed by atoms with van der Waals surface area (Å²) in [5.74, 6) is 1.82. The van der Waals surface area contributed by atoms with Crippen LogP contribution in [-0.4, -0.2) is 68.6 Å². The molecule has 0 spiro atoms. The molecule has 0 aliphatic carbocycles. The Morgan fingerprint density at radius 1 is 0.897 bits per heavy atom. The van der Waals surface area contributed by atoms with Crippen LogP contribution in [0.1, 0.15) is 0 Å². The highest BCUT2D eigenvalue weighted by Crippen LogP contribution is 2.37. The first-order valence-corrected chi connectivity index (χ1v) is 13.4. The summed E-state index contributed by atoms with van der Waals surface area (Å²) in [5, 5.41) is 2.75. The van der Waals surface area contributed by atoms with Crippen molar-refractivity contribution < 1.29 is 41.6 Å². The summed E-state index contributed by atoms with van der Waals surface area (Å²) in [5.41, 5.74) is 0.118. The number of rotatable bonds is 11. The summed E-state index contributed by atoms with van der Waals surface area (Å²) in [6.45, 7) is -0.217. The molecule has 39 heavy (non-hydrogen) atoms. The number of anilines is 1. The lowest BCUT2D eigenvalue weighted by atomic mass is 10.2. The van der Waals surface area contributed by atoms with E-state index in [-0.39, 0.29) is 35.2 Å². The zero-order chi connectivity index (χ0) is 28.0. The SMILES string of the molecule is COc1ccc(OC)c(N(CC(=O)NC[C@H]2COc3ccccc3O2)S(=O)(=O)c2ccc(OC)c(OC)c2)c1. The number of fused-ring (bicyclic) bond motifs is 1. The molecule has 1 heterocycles. The van der Waals surface area contributed by atoms with Crippen LogP contribution in [0.2, 0.25) is 0 Å². The van der Waals surface area contributed by atoms with Crippen LogP contribution in [0.5, 0.6) is 34.5 Å². The van der Waals surface area contributed by atoms with Gasteiger partial charge in [-0.25, -0.2) is 8.42 Å². The van der Waals surface area contributed by atoms with Gasteiger partial charge in [0.05, 0.1) is 45.6 Å². The number of nitrogens with one attached hydrogen (secondary N) is 1. The zero-order valence-electron chi connectivity index (χ0n) is 22.0. The summed E-state index contributed by atoms with van der Waals surface area (Å²) in [7, 11) is 1.41. The Bertz CT molecular complexity index is 1430. The maximum Gasteiger partial charge on any atom is 0.265 e. The van der Waals surface area contributed by atoms with Crippen molar-refractivity contribution in [2.75, 3.05) is 52.4 Å². The number of hydrogen-bond donors (Lipinski definition) is 1. The minimum absolute atomic E-state index is 0.104. The number of hydrogen-bond acceptors (Lipinski definition) is 9. The van der Waals surface area contributed by atoms with Gasteiger partial charge in [0.1, 0.15) is 30.8 Å². The van der Waals surface area contributed by atoms with Crippen LogP contribution in [0.15, 0.2) is 65.6 Å². The van der Waals surface area contributed by atoms with Crippen molar-refractivity contribution in [3.8, 4) is 34.5 Å². The standard InChI is InChI=1S/C27H30N2O9S/c1-33-18-9-11-22(34-2)21(13-18)29(39(31,32)20-10-12-23(35-3)26(14-20)36-4)16-27(30)28-15-19-17-37-24-7-5-6-8-25(24)38-19/h5-14,19H,15-17H2,1-4H3,(H,28,30)/t19-/m0/s1. The highest BCUT2D eigenvalue weighted by Gasteiger charge is 2.31. The first-order chi connectivity index (χ1) is 18.8. The maximum atomic E-state index is 14.0. The van der Waals surface area contributed by atoms with Crippen LogP contribution in [0.3, 0.4) is 0 Å². The number of ether oxygens (including phenoxy) is 6. The lowest BCUT2D eigenvalue weighted by Crippen LogP contribution is -2.45. The van der Waals surface area contributed by atoms with Crippen LogP contribution in [0, 0.1) is 0 Å². The predicted molar refractivity (Wildman–Crippen MR) is 143 cm³/mol. The predicted octanol–water partition coefficient (Wildman–Crippen LogP) is 2.87. The van der Waals surface area contributed by atoms with Gasteiger partial charge in [0, 0.05) is 12.1 Å². The van der Waals surface area contributed by atoms with E-state index in [1.54, 1.807) is 24.3 Å². The summed E-state index contributed by atoms with van der Waals surface area (Å²) in [4.78, 5) is 13.0. The Balaban J connectivity index is 1.62. The fourth-order valence-corrected chi connectivity index (χ4v) is 5.41. The normalized spacial score (nSPS) is 14.2. The van der Waals surface area contributed by atoms with Crippen LogP contribution >= 0.6 is 0 Å². The van der Waals surface area contributed by atoms with Gasteiger partial charge in [-0.15, -0.1) is 0 Å². The second-order valence-corrected chi connectivity index (χ2v) is 10.2. The molecular formula is C27H30N2O9S. The van der Waals surface area contributed by atoms with Crippen molar-refractivity contribution in [1.29, 1.82) is 0 Å². The molecule has 0 radical (unpaired) electrons. The number of sulfonamides is 1. The Morgan fingerprint density at radius 3 is 2.28 bits per heavy atom. The second kappa shape index (κ2) is 12.0. The van der Waals surface area contributed by atoms with Gasteiger partial charge in [-0.1, -0.05) is 12.1 Å². The number of nitrogens with zero attached hydrogens (tertiary/aromatic N) is 1. The van der Waals surface area contributed by atoms with E-state index >= 15 is 0 Å². The Labute approximate surface area is 227 Å². The third-order valence-corrected chi connectivity index (χ3v) is 7.74. The van der Waals surface area contributed by atoms with Crippen molar-refractivity contribution in [1.82, 2.24) is 5.32 Å². The van der Waals surface area contributed by atoms with E-state index in [1.165, 1.54) is 52.7 Å². The van der Waals surface area contributed by atoms with Gasteiger partial charge in [-0.3, -0.25) is 9.10 Å². The van der Waals surface area contributed by atoms with Gasteiger partial charge < -0.3 is 33.7 Å². The molecule has 1 atom stereocenters. The van der Waals surface area contributed by atoms with Crippen molar-refractivity contribution in [3.05, 3.63) is 60.7 Å². The molecule has 0 fully saturated rings. The monoisotopic (exact) mass is 558 g/mol. The fourth-order valence-electron chi connectivity index (χ4n) is 3.97. The molecule has 0 aromatic heterocycles. The Kier molecular flexibility index (Phi) is 8.55. The quantitative estimate of drug-likeness (QED) is 0.379. The van der Waals surface area contributed by atoms with Gasteiger partial charge in [-0.05, 0) is 36.4 Å². The van der Waals surface area contributed by atoms with Crippen molar-refractivity contribution in [3.63, 3.8) is 0 Å². The van der Waals surface area contributed by atoms with E-state index in [4.69, 9.17) is 28.4 Å². The van der Waals surface area contributed by atoms with Gasteiger partial charge in [0.25, 0.3) is 10.0 Å². The van der Waals surface area contributed by atoms with E-state index in [1.807, 2.05) is 12.1 Å². The number of benzene rings is 3. The topological polar surface area (TPSA) is 122 Å². The Morgan fingerprint density at radius 2 is 1.59 bits per heavy atom. The third kappa shape index (κ3) is 6.06. The molecule has 0 saturated carbocycles. The molecule has 1 aliphatic rings. The number of para-hydroxylation sites is 2. The van der Waals surface area contributed by atoms with E-state index in [0.29, 0.717) is 23.0 Å². The minimum Gasteiger partial charge on any atom is -0.497 e. The van der Waals surface area contributed by atoms with Gasteiger partial charge in [-0.2, -0.15) is 0 Å². The molecule has 0 unspecified atom stereocenters. The average Bonchev–Trinajstić information content (AvgIpc) is 2.97. The fraction of sp³-hybridized carbons (Fsp3) is 0.296. The number of methoxy groups -OCH3 is 4. The smallest absolute Gasteiger partial charge is 0.265 e. The van der Waals surface area contributed by atoms with E-state index in [0.717, 1.165) is 4.31 Å². The third-order valence-electron chi connectivity index (χ3n) is 5.98. The van der Waals surface area contributed by atoms with Crippen LogP contribution in [0.4, 0.5) is 5.69 Å². The average molecular weight is 559 g/mol. The summed E-state index contributed by atoms with van der Waals surface area (Å²) < 4.78 is 61.7. The van der Waals surface area contributed by atoms with Crippen molar-refractivity contribution >= 4 is 21.6 Å². The summed E-state index contributed by atoms with van der Waals surface area (Å²) in [6, 6.07) is 16.1. The van der Waals surface area contributed by atoms with Gasteiger partial charge in [0.15, 0.2) is 23.0 Å². The zero-order valence-corrected chi connectivity index (χ0v) is 22.8. The lowest BCUT2D eigenvalue weighted by Gasteiger charge is -2.28. The first-order valence-electron chi connectivity index (χ1n) is 11.9. The molecular weight excluding hydrogens is 528 g/mol. The number of amides is 1. The van der Waals surface area contributed by atoms with Crippen molar-refractivity contribution in [2.45, 2.75) is 11.0 Å². The van der Waals surface area contributed by atoms with Gasteiger partial charge >= 0.3 is 0 Å². The Hall–Kier alpha value is -4.32. The van der Waals surface area contributed by atoms with E-state index < -0.39 is 28.6 Å². The number of carbonyl (C=O) groups excluding carboxylic acids is 1. The molecule has 12 heteroatoms. The summed E-state index contributed by atoms with van der Waals surface area (Å²) >= 11 is 0. The van der Waals surface area contributed by atoms with Crippen LogP contribution < -0.4 is 38.0 Å².